The van der Waals surface area contributed by atoms with E-state index in [0.29, 0.717) is 12.3 Å². The van der Waals surface area contributed by atoms with Gasteiger partial charge in [0.2, 0.25) is 5.91 Å². The monoisotopic (exact) mass is 440 g/mol. The van der Waals surface area contributed by atoms with Gasteiger partial charge in [-0.25, -0.2) is 4.98 Å². The first kappa shape index (κ1) is 20.1. The number of carbonyl (C=O) groups is 1. The van der Waals surface area contributed by atoms with Crippen LogP contribution < -0.4 is 9.80 Å². The Labute approximate surface area is 185 Å². The standard InChI is InChI=1S/C22H25ClN6O2/c1-15-19-20(24-14-25-21(19)31-26-15)29-7-3-4-16(13-29)22(30)28-10-8-27(9-11-28)18-6-2-5-17(23)12-18/h2,5-6,12,14,16H,3-4,7-11,13H2,1H3/t16-/m0/s1. The minimum atomic E-state index is -0.0309. The van der Waals surface area contributed by atoms with Crippen LogP contribution in [0, 0.1) is 12.8 Å². The molecule has 2 fully saturated rings. The molecule has 1 atom stereocenters. The highest BCUT2D eigenvalue weighted by atomic mass is 35.5. The third-order valence-corrected chi connectivity index (χ3v) is 6.49. The van der Waals surface area contributed by atoms with Crippen LogP contribution in [0.25, 0.3) is 11.1 Å². The van der Waals surface area contributed by atoms with E-state index >= 15 is 0 Å². The number of hydrogen-bond donors (Lipinski definition) is 0. The average molecular weight is 441 g/mol. The first-order chi connectivity index (χ1) is 15.1. The van der Waals surface area contributed by atoms with Crippen LogP contribution in [0.1, 0.15) is 18.5 Å². The van der Waals surface area contributed by atoms with E-state index in [0.717, 1.165) is 73.2 Å². The molecule has 4 heterocycles. The molecule has 2 saturated heterocycles. The molecule has 5 rings (SSSR count). The Balaban J connectivity index is 1.25. The smallest absolute Gasteiger partial charge is 0.263 e. The molecule has 1 aromatic carbocycles. The highest BCUT2D eigenvalue weighted by Gasteiger charge is 2.32. The number of fused-ring (bicyclic) bond motifs is 1. The van der Waals surface area contributed by atoms with E-state index in [1.54, 1.807) is 0 Å². The van der Waals surface area contributed by atoms with Gasteiger partial charge in [0.25, 0.3) is 5.71 Å². The van der Waals surface area contributed by atoms with Gasteiger partial charge in [-0.2, -0.15) is 4.98 Å². The van der Waals surface area contributed by atoms with Gasteiger partial charge in [-0.15, -0.1) is 0 Å². The summed E-state index contributed by atoms with van der Waals surface area (Å²) in [5, 5.41) is 5.60. The molecule has 3 aromatic rings. The van der Waals surface area contributed by atoms with Crippen molar-refractivity contribution in [2.24, 2.45) is 5.92 Å². The summed E-state index contributed by atoms with van der Waals surface area (Å²) < 4.78 is 5.29. The highest BCUT2D eigenvalue weighted by molar-refractivity contribution is 6.30. The van der Waals surface area contributed by atoms with Gasteiger partial charge in [0, 0.05) is 50.0 Å². The minimum absolute atomic E-state index is 0.0309. The molecule has 0 aliphatic carbocycles. The summed E-state index contributed by atoms with van der Waals surface area (Å²) in [7, 11) is 0. The zero-order chi connectivity index (χ0) is 21.4. The Morgan fingerprint density at radius 1 is 1.13 bits per heavy atom. The predicted molar refractivity (Wildman–Crippen MR) is 120 cm³/mol. The Bertz CT molecular complexity index is 1090. The second kappa shape index (κ2) is 8.34. The number of aryl methyl sites for hydroxylation is 1. The third kappa shape index (κ3) is 3.92. The summed E-state index contributed by atoms with van der Waals surface area (Å²) in [6.45, 7) is 6.50. The normalized spacial score (nSPS) is 19.8. The molecule has 0 bridgehead atoms. The molecule has 2 aliphatic rings. The van der Waals surface area contributed by atoms with Crippen molar-refractivity contribution in [3.05, 3.63) is 41.3 Å². The van der Waals surface area contributed by atoms with Crippen LogP contribution in [0.15, 0.2) is 35.1 Å². The molecular weight excluding hydrogens is 416 g/mol. The van der Waals surface area contributed by atoms with Gasteiger partial charge in [-0.05, 0) is 38.0 Å². The quantitative estimate of drug-likeness (QED) is 0.619. The number of piperidine rings is 1. The Kier molecular flexibility index (Phi) is 5.40. The molecule has 0 radical (unpaired) electrons. The number of benzene rings is 1. The summed E-state index contributed by atoms with van der Waals surface area (Å²) in [5.74, 6) is 1.02. The second-order valence-corrected chi connectivity index (χ2v) is 8.66. The van der Waals surface area contributed by atoms with Crippen molar-refractivity contribution < 1.29 is 9.32 Å². The second-order valence-electron chi connectivity index (χ2n) is 8.22. The highest BCUT2D eigenvalue weighted by Crippen LogP contribution is 2.30. The molecule has 162 valence electrons. The van der Waals surface area contributed by atoms with Crippen LogP contribution in [0.5, 0.6) is 0 Å². The molecular formula is C22H25ClN6O2. The van der Waals surface area contributed by atoms with Crippen molar-refractivity contribution in [3.8, 4) is 0 Å². The number of amides is 1. The zero-order valence-electron chi connectivity index (χ0n) is 17.5. The molecule has 0 spiro atoms. The van der Waals surface area contributed by atoms with E-state index in [4.69, 9.17) is 16.1 Å². The summed E-state index contributed by atoms with van der Waals surface area (Å²) in [4.78, 5) is 28.4. The lowest BCUT2D eigenvalue weighted by atomic mass is 9.96. The van der Waals surface area contributed by atoms with Gasteiger partial charge >= 0.3 is 0 Å². The summed E-state index contributed by atoms with van der Waals surface area (Å²) in [6, 6.07) is 7.89. The van der Waals surface area contributed by atoms with E-state index in [9.17, 15) is 4.79 Å². The summed E-state index contributed by atoms with van der Waals surface area (Å²) in [5.41, 5.74) is 2.38. The molecule has 0 unspecified atom stereocenters. The van der Waals surface area contributed by atoms with Gasteiger partial charge in [0.05, 0.1) is 11.6 Å². The van der Waals surface area contributed by atoms with Crippen LogP contribution in [0.4, 0.5) is 11.5 Å². The first-order valence-corrected chi connectivity index (χ1v) is 11.1. The van der Waals surface area contributed by atoms with E-state index in [1.165, 1.54) is 6.33 Å². The van der Waals surface area contributed by atoms with Gasteiger partial charge < -0.3 is 19.2 Å². The van der Waals surface area contributed by atoms with E-state index < -0.39 is 0 Å². The first-order valence-electron chi connectivity index (χ1n) is 10.7. The number of anilines is 2. The average Bonchev–Trinajstić information content (AvgIpc) is 3.20. The Morgan fingerprint density at radius 3 is 2.77 bits per heavy atom. The number of hydrogen-bond acceptors (Lipinski definition) is 7. The van der Waals surface area contributed by atoms with E-state index in [2.05, 4.69) is 31.0 Å². The SMILES string of the molecule is Cc1noc2ncnc(N3CCC[C@H](C(=O)N4CCN(c5cccc(Cl)c5)CC4)C3)c12. The van der Waals surface area contributed by atoms with Crippen molar-refractivity contribution in [1.29, 1.82) is 0 Å². The van der Waals surface area contributed by atoms with Crippen molar-refractivity contribution >= 4 is 40.1 Å². The van der Waals surface area contributed by atoms with Crippen molar-refractivity contribution in [3.63, 3.8) is 0 Å². The number of rotatable bonds is 3. The number of carbonyl (C=O) groups excluding carboxylic acids is 1. The van der Waals surface area contributed by atoms with Crippen LogP contribution in [0.3, 0.4) is 0 Å². The van der Waals surface area contributed by atoms with Gasteiger partial charge in [-0.3, -0.25) is 4.79 Å². The third-order valence-electron chi connectivity index (χ3n) is 6.26. The Hall–Kier alpha value is -2.87. The van der Waals surface area contributed by atoms with Gasteiger partial charge in [-0.1, -0.05) is 22.8 Å². The lowest BCUT2D eigenvalue weighted by Crippen LogP contribution is -2.52. The molecule has 1 amide bonds. The fourth-order valence-corrected chi connectivity index (χ4v) is 4.82. The number of nitrogens with zero attached hydrogens (tertiary/aromatic N) is 6. The zero-order valence-corrected chi connectivity index (χ0v) is 18.3. The summed E-state index contributed by atoms with van der Waals surface area (Å²) >= 11 is 6.13. The topological polar surface area (TPSA) is 78.6 Å². The van der Waals surface area contributed by atoms with Crippen LogP contribution in [-0.4, -0.2) is 65.2 Å². The summed E-state index contributed by atoms with van der Waals surface area (Å²) in [6.07, 6.45) is 3.36. The fraction of sp³-hybridized carbons (Fsp3) is 0.455. The van der Waals surface area contributed by atoms with Crippen LogP contribution >= 0.6 is 11.6 Å². The molecule has 0 saturated carbocycles. The number of halogens is 1. The lowest BCUT2D eigenvalue weighted by molar-refractivity contribution is -0.136. The van der Waals surface area contributed by atoms with Crippen molar-refractivity contribution in [2.45, 2.75) is 19.8 Å². The van der Waals surface area contributed by atoms with Crippen molar-refractivity contribution in [2.75, 3.05) is 49.1 Å². The number of aromatic nitrogens is 3. The largest absolute Gasteiger partial charge is 0.368 e. The maximum Gasteiger partial charge on any atom is 0.263 e. The lowest BCUT2D eigenvalue weighted by Gasteiger charge is -2.40. The van der Waals surface area contributed by atoms with Crippen molar-refractivity contribution in [1.82, 2.24) is 20.0 Å². The number of piperazine rings is 1. The van der Waals surface area contributed by atoms with Gasteiger partial charge in [0.15, 0.2) is 0 Å². The van der Waals surface area contributed by atoms with E-state index in [1.807, 2.05) is 30.0 Å². The van der Waals surface area contributed by atoms with Gasteiger partial charge in [0.1, 0.15) is 17.5 Å². The Morgan fingerprint density at radius 2 is 1.97 bits per heavy atom. The molecule has 2 aromatic heterocycles. The molecule has 0 N–H and O–H groups in total. The van der Waals surface area contributed by atoms with Crippen LogP contribution in [-0.2, 0) is 4.79 Å². The maximum atomic E-state index is 13.3. The van der Waals surface area contributed by atoms with E-state index in [-0.39, 0.29) is 11.8 Å². The molecule has 8 nitrogen and oxygen atoms in total. The minimum Gasteiger partial charge on any atom is -0.368 e. The molecule has 9 heteroatoms. The van der Waals surface area contributed by atoms with Crippen LogP contribution in [0.2, 0.25) is 5.02 Å². The predicted octanol–water partition coefficient (Wildman–Crippen LogP) is 3.14. The maximum absolute atomic E-state index is 13.3. The molecule has 31 heavy (non-hydrogen) atoms. The fourth-order valence-electron chi connectivity index (χ4n) is 4.63. The molecule has 2 aliphatic heterocycles.